The van der Waals surface area contributed by atoms with E-state index in [4.69, 9.17) is 4.74 Å². The highest BCUT2D eigenvalue weighted by molar-refractivity contribution is 5.97. The van der Waals surface area contributed by atoms with Gasteiger partial charge in [-0.15, -0.1) is 0 Å². The predicted molar refractivity (Wildman–Crippen MR) is 108 cm³/mol. The Morgan fingerprint density at radius 2 is 2.07 bits per heavy atom. The van der Waals surface area contributed by atoms with Crippen molar-refractivity contribution in [3.63, 3.8) is 0 Å². The number of nitrogens with one attached hydrogen (secondary N) is 2. The molecular weight excluding hydrogens is 356 g/mol. The van der Waals surface area contributed by atoms with Crippen LogP contribution >= 0.6 is 0 Å². The van der Waals surface area contributed by atoms with Crippen LogP contribution in [0.3, 0.4) is 0 Å². The first-order chi connectivity index (χ1) is 13.5. The van der Waals surface area contributed by atoms with E-state index >= 15 is 0 Å². The first-order valence-electron chi connectivity index (χ1n) is 8.87. The Morgan fingerprint density at radius 1 is 1.25 bits per heavy atom. The van der Waals surface area contributed by atoms with Crippen LogP contribution in [0.5, 0.6) is 5.75 Å². The fourth-order valence-corrected chi connectivity index (χ4v) is 3.28. The van der Waals surface area contributed by atoms with E-state index in [2.05, 4.69) is 15.3 Å². The van der Waals surface area contributed by atoms with Crippen molar-refractivity contribution in [2.45, 2.75) is 13.5 Å². The summed E-state index contributed by atoms with van der Waals surface area (Å²) in [6.45, 7) is 2.10. The Hall–Kier alpha value is -3.61. The zero-order valence-electron chi connectivity index (χ0n) is 15.9. The molecule has 7 nitrogen and oxygen atoms in total. The molecule has 0 aliphatic rings. The third-order valence-corrected chi connectivity index (χ3v) is 4.74. The Morgan fingerprint density at radius 3 is 2.86 bits per heavy atom. The van der Waals surface area contributed by atoms with E-state index in [1.54, 1.807) is 23.9 Å². The van der Waals surface area contributed by atoms with E-state index in [1.165, 1.54) is 0 Å². The number of imidazole rings is 1. The summed E-state index contributed by atoms with van der Waals surface area (Å²) in [4.78, 5) is 33.0. The summed E-state index contributed by atoms with van der Waals surface area (Å²) in [5.74, 6) is 0.897. The number of aromatic amines is 1. The number of hydrogen-bond acceptors (Lipinski definition) is 4. The quantitative estimate of drug-likeness (QED) is 0.573. The van der Waals surface area contributed by atoms with E-state index in [1.807, 2.05) is 44.3 Å². The van der Waals surface area contributed by atoms with Crippen LogP contribution in [0.2, 0.25) is 0 Å². The van der Waals surface area contributed by atoms with E-state index in [-0.39, 0.29) is 17.5 Å². The molecular formula is C21H20N4O3. The van der Waals surface area contributed by atoms with E-state index < -0.39 is 5.91 Å². The Kier molecular flexibility index (Phi) is 4.35. The summed E-state index contributed by atoms with van der Waals surface area (Å²) in [6.07, 6.45) is 1.57. The van der Waals surface area contributed by atoms with Gasteiger partial charge in [-0.2, -0.15) is 0 Å². The van der Waals surface area contributed by atoms with Crippen molar-refractivity contribution in [2.75, 3.05) is 7.11 Å². The van der Waals surface area contributed by atoms with E-state index in [0.29, 0.717) is 11.2 Å². The molecule has 0 fully saturated rings. The van der Waals surface area contributed by atoms with Crippen molar-refractivity contribution >= 4 is 27.8 Å². The van der Waals surface area contributed by atoms with Gasteiger partial charge in [0, 0.05) is 24.7 Å². The number of carbonyl (C=O) groups excluding carboxylic acids is 1. The zero-order chi connectivity index (χ0) is 19.8. The van der Waals surface area contributed by atoms with Crippen LogP contribution in [0.4, 0.5) is 0 Å². The standard InChI is InChI=1S/C21H20N4O3/c1-12-4-7-18-14(8-12)20(26)15(11-25(18)2)21(27)22-10-19-23-16-6-5-13(28-3)9-17(16)24-19/h4-9,11H,10H2,1-3H3,(H,22,27)(H,23,24). The number of hydrogen-bond donors (Lipinski definition) is 2. The largest absolute Gasteiger partial charge is 0.497 e. The smallest absolute Gasteiger partial charge is 0.257 e. The van der Waals surface area contributed by atoms with Gasteiger partial charge in [0.15, 0.2) is 0 Å². The molecule has 7 heteroatoms. The number of aryl methyl sites for hydroxylation is 2. The molecule has 0 unspecified atom stereocenters. The van der Waals surface area contributed by atoms with Crippen molar-refractivity contribution in [1.29, 1.82) is 0 Å². The lowest BCUT2D eigenvalue weighted by molar-refractivity contribution is 0.0948. The Balaban J connectivity index is 1.60. The van der Waals surface area contributed by atoms with Crippen LogP contribution < -0.4 is 15.5 Å². The topological polar surface area (TPSA) is 89.0 Å². The van der Waals surface area contributed by atoms with Gasteiger partial charge >= 0.3 is 0 Å². The summed E-state index contributed by atoms with van der Waals surface area (Å²) in [6, 6.07) is 11.1. The number of fused-ring (bicyclic) bond motifs is 2. The van der Waals surface area contributed by atoms with Crippen molar-refractivity contribution < 1.29 is 9.53 Å². The second-order valence-corrected chi connectivity index (χ2v) is 6.75. The van der Waals surface area contributed by atoms with Gasteiger partial charge in [-0.05, 0) is 31.2 Å². The highest BCUT2D eigenvalue weighted by Gasteiger charge is 2.15. The minimum atomic E-state index is -0.429. The Labute approximate surface area is 161 Å². The predicted octanol–water partition coefficient (Wildman–Crippen LogP) is 2.66. The fourth-order valence-electron chi connectivity index (χ4n) is 3.28. The maximum atomic E-state index is 12.8. The highest BCUT2D eigenvalue weighted by atomic mass is 16.5. The molecule has 0 saturated heterocycles. The lowest BCUT2D eigenvalue weighted by Gasteiger charge is -2.09. The molecule has 4 aromatic rings. The average Bonchev–Trinajstić information content (AvgIpc) is 3.10. The van der Waals surface area contributed by atoms with Crippen LogP contribution in [0.25, 0.3) is 21.9 Å². The number of benzene rings is 2. The second-order valence-electron chi connectivity index (χ2n) is 6.75. The van der Waals surface area contributed by atoms with Crippen molar-refractivity contribution in [3.8, 4) is 5.75 Å². The number of ether oxygens (including phenoxy) is 1. The van der Waals surface area contributed by atoms with Gasteiger partial charge in [-0.3, -0.25) is 9.59 Å². The molecule has 0 aliphatic heterocycles. The molecule has 0 saturated carbocycles. The molecule has 0 spiro atoms. The third-order valence-electron chi connectivity index (χ3n) is 4.74. The van der Waals surface area contributed by atoms with E-state index in [0.717, 1.165) is 27.9 Å². The molecule has 2 heterocycles. The molecule has 28 heavy (non-hydrogen) atoms. The minimum Gasteiger partial charge on any atom is -0.497 e. The maximum absolute atomic E-state index is 12.8. The SMILES string of the molecule is COc1ccc2nc(CNC(=O)c3cn(C)c4ccc(C)cc4c3=O)[nH]c2c1. The summed E-state index contributed by atoms with van der Waals surface area (Å²) in [5.41, 5.74) is 3.20. The van der Waals surface area contributed by atoms with Crippen LogP contribution in [-0.4, -0.2) is 27.6 Å². The molecule has 2 aromatic carbocycles. The maximum Gasteiger partial charge on any atom is 0.257 e. The molecule has 0 atom stereocenters. The summed E-state index contributed by atoms with van der Waals surface area (Å²) in [5, 5.41) is 3.31. The molecule has 0 aliphatic carbocycles. The molecule has 142 valence electrons. The number of carbonyl (C=O) groups is 1. The molecule has 2 N–H and O–H groups in total. The monoisotopic (exact) mass is 376 g/mol. The molecule has 4 rings (SSSR count). The molecule has 0 radical (unpaired) electrons. The van der Waals surface area contributed by atoms with Gasteiger partial charge in [0.05, 0.1) is 30.2 Å². The molecule has 1 amide bonds. The molecule has 0 bridgehead atoms. The van der Waals surface area contributed by atoms with Crippen molar-refractivity contribution in [3.05, 3.63) is 69.8 Å². The van der Waals surface area contributed by atoms with Crippen molar-refractivity contribution in [1.82, 2.24) is 19.9 Å². The number of nitrogens with zero attached hydrogens (tertiary/aromatic N) is 2. The number of rotatable bonds is 4. The first-order valence-corrected chi connectivity index (χ1v) is 8.87. The van der Waals surface area contributed by atoms with Crippen LogP contribution in [0, 0.1) is 6.92 Å². The van der Waals surface area contributed by atoms with E-state index in [9.17, 15) is 9.59 Å². The number of aromatic nitrogens is 3. The number of methoxy groups -OCH3 is 1. The van der Waals surface area contributed by atoms with Crippen molar-refractivity contribution in [2.24, 2.45) is 7.05 Å². The van der Waals surface area contributed by atoms with Gasteiger partial charge in [-0.1, -0.05) is 11.6 Å². The van der Waals surface area contributed by atoms with Gasteiger partial charge < -0.3 is 19.6 Å². The summed E-state index contributed by atoms with van der Waals surface area (Å²) < 4.78 is 6.99. The van der Waals surface area contributed by atoms with Crippen LogP contribution in [0.1, 0.15) is 21.7 Å². The van der Waals surface area contributed by atoms with Gasteiger partial charge in [0.2, 0.25) is 5.43 Å². The lowest BCUT2D eigenvalue weighted by atomic mass is 10.1. The average molecular weight is 376 g/mol. The minimum absolute atomic E-state index is 0.110. The Bertz CT molecular complexity index is 1270. The van der Waals surface area contributed by atoms with Gasteiger partial charge in [0.25, 0.3) is 5.91 Å². The molecule has 2 aromatic heterocycles. The summed E-state index contributed by atoms with van der Waals surface area (Å²) >= 11 is 0. The highest BCUT2D eigenvalue weighted by Crippen LogP contribution is 2.18. The lowest BCUT2D eigenvalue weighted by Crippen LogP contribution is -2.29. The van der Waals surface area contributed by atoms with Crippen LogP contribution in [0.15, 0.2) is 47.4 Å². The van der Waals surface area contributed by atoms with Crippen LogP contribution in [-0.2, 0) is 13.6 Å². The number of amides is 1. The first kappa shape index (κ1) is 17.8. The summed E-state index contributed by atoms with van der Waals surface area (Å²) in [7, 11) is 3.42. The number of pyridine rings is 1. The van der Waals surface area contributed by atoms with Gasteiger partial charge in [0.1, 0.15) is 17.1 Å². The van der Waals surface area contributed by atoms with Gasteiger partial charge in [-0.25, -0.2) is 4.98 Å². The zero-order valence-corrected chi connectivity index (χ0v) is 15.9. The normalized spacial score (nSPS) is 11.1. The fraction of sp³-hybridized carbons (Fsp3) is 0.190. The number of H-pyrrole nitrogens is 1. The second kappa shape index (κ2) is 6.84. The third kappa shape index (κ3) is 3.11.